The molecule has 0 saturated carbocycles. The first kappa shape index (κ1) is 11.5. The van der Waals surface area contributed by atoms with Crippen LogP contribution in [0.25, 0.3) is 5.69 Å². The van der Waals surface area contributed by atoms with E-state index >= 15 is 0 Å². The van der Waals surface area contributed by atoms with Crippen molar-refractivity contribution in [3.63, 3.8) is 0 Å². The maximum atomic E-state index is 10.9. The number of para-hydroxylation sites is 1. The average molecular weight is 295 g/mol. The summed E-state index contributed by atoms with van der Waals surface area (Å²) in [4.78, 5) is 21.6. The van der Waals surface area contributed by atoms with E-state index in [1.54, 1.807) is 18.2 Å². The first-order valence-electron chi connectivity index (χ1n) is 4.66. The second kappa shape index (κ2) is 4.50. The van der Waals surface area contributed by atoms with Crippen molar-refractivity contribution < 1.29 is 14.7 Å². The highest BCUT2D eigenvalue weighted by Crippen LogP contribution is 2.20. The second-order valence-corrected chi connectivity index (χ2v) is 4.11. The lowest BCUT2D eigenvalue weighted by atomic mass is 10.3. The smallest absolute Gasteiger partial charge is 0.357 e. The molecule has 0 unspecified atom stereocenters. The molecule has 0 saturated heterocycles. The molecule has 6 heteroatoms. The summed E-state index contributed by atoms with van der Waals surface area (Å²) in [5, 5.41) is 12.7. The summed E-state index contributed by atoms with van der Waals surface area (Å²) in [7, 11) is 0. The van der Waals surface area contributed by atoms with Crippen molar-refractivity contribution in [3.05, 3.63) is 46.2 Å². The van der Waals surface area contributed by atoms with Crippen molar-refractivity contribution in [2.24, 2.45) is 0 Å². The number of nitrogens with zero attached hydrogens (tertiary/aromatic N) is 2. The van der Waals surface area contributed by atoms with Crippen LogP contribution < -0.4 is 0 Å². The van der Waals surface area contributed by atoms with Crippen molar-refractivity contribution in [2.75, 3.05) is 0 Å². The Morgan fingerprint density at radius 1 is 1.41 bits per heavy atom. The van der Waals surface area contributed by atoms with Crippen LogP contribution in [0.3, 0.4) is 0 Å². The molecule has 5 nitrogen and oxygen atoms in total. The Balaban J connectivity index is 2.58. The molecular formula is C11H7BrN2O3. The summed E-state index contributed by atoms with van der Waals surface area (Å²) < 4.78 is 2.12. The van der Waals surface area contributed by atoms with Crippen LogP contribution in [0, 0.1) is 0 Å². The molecule has 0 aliphatic heterocycles. The van der Waals surface area contributed by atoms with Crippen molar-refractivity contribution in [2.45, 2.75) is 0 Å². The summed E-state index contributed by atoms with van der Waals surface area (Å²) in [6, 6.07) is 7.19. The number of aromatic nitrogens is 2. The molecule has 0 fully saturated rings. The summed E-state index contributed by atoms with van der Waals surface area (Å²) in [5.74, 6) is -1.22. The van der Waals surface area contributed by atoms with Crippen molar-refractivity contribution in [1.29, 1.82) is 0 Å². The Morgan fingerprint density at radius 3 is 2.65 bits per heavy atom. The van der Waals surface area contributed by atoms with Gasteiger partial charge in [-0.2, -0.15) is 5.10 Å². The highest BCUT2D eigenvalue weighted by Gasteiger charge is 2.16. The minimum absolute atomic E-state index is 0.0493. The molecule has 1 aromatic carbocycles. The van der Waals surface area contributed by atoms with Crippen molar-refractivity contribution in [1.82, 2.24) is 9.78 Å². The van der Waals surface area contributed by atoms with E-state index in [2.05, 4.69) is 21.0 Å². The number of benzene rings is 1. The third kappa shape index (κ3) is 2.12. The highest BCUT2D eigenvalue weighted by molar-refractivity contribution is 9.10. The van der Waals surface area contributed by atoms with Crippen molar-refractivity contribution >= 4 is 28.2 Å². The quantitative estimate of drug-likeness (QED) is 0.881. The minimum Gasteiger partial charge on any atom is -0.476 e. The molecule has 0 atom stereocenters. The van der Waals surface area contributed by atoms with Gasteiger partial charge in [0.15, 0.2) is 12.0 Å². The van der Waals surface area contributed by atoms with E-state index in [0.29, 0.717) is 12.0 Å². The molecule has 0 amide bonds. The van der Waals surface area contributed by atoms with Gasteiger partial charge in [-0.1, -0.05) is 12.1 Å². The number of halogens is 1. The number of rotatable bonds is 3. The van der Waals surface area contributed by atoms with Gasteiger partial charge in [-0.05, 0) is 28.1 Å². The Kier molecular flexibility index (Phi) is 3.06. The number of carbonyl (C=O) groups is 2. The molecule has 0 spiro atoms. The molecule has 1 heterocycles. The van der Waals surface area contributed by atoms with Crippen LogP contribution in [0.2, 0.25) is 0 Å². The van der Waals surface area contributed by atoms with Gasteiger partial charge in [-0.25, -0.2) is 9.48 Å². The minimum atomic E-state index is -1.22. The van der Waals surface area contributed by atoms with Crippen LogP contribution in [0.4, 0.5) is 0 Å². The fourth-order valence-corrected chi connectivity index (χ4v) is 1.87. The largest absolute Gasteiger partial charge is 0.476 e. The van der Waals surface area contributed by atoms with Gasteiger partial charge in [0, 0.05) is 10.7 Å². The third-order valence-electron chi connectivity index (χ3n) is 2.17. The van der Waals surface area contributed by atoms with E-state index < -0.39 is 5.97 Å². The van der Waals surface area contributed by atoms with E-state index in [-0.39, 0.29) is 11.3 Å². The van der Waals surface area contributed by atoms with Gasteiger partial charge in [-0.15, -0.1) is 0 Å². The molecule has 1 aromatic heterocycles. The molecule has 2 aromatic rings. The molecule has 2 rings (SSSR count). The molecule has 0 aliphatic carbocycles. The molecule has 0 aliphatic rings. The SMILES string of the molecule is O=Cc1cn(-c2ccccc2Br)nc1C(=O)O. The molecule has 1 N–H and O–H groups in total. The molecule has 17 heavy (non-hydrogen) atoms. The number of carboxylic acids is 1. The second-order valence-electron chi connectivity index (χ2n) is 3.25. The molecule has 86 valence electrons. The Hall–Kier alpha value is -1.95. The lowest BCUT2D eigenvalue weighted by Gasteiger charge is -2.02. The zero-order valence-electron chi connectivity index (χ0n) is 8.50. The Morgan fingerprint density at radius 2 is 2.12 bits per heavy atom. The molecule has 0 bridgehead atoms. The van der Waals surface area contributed by atoms with Crippen LogP contribution in [-0.4, -0.2) is 27.1 Å². The number of carboxylic acid groups (broad SMARTS) is 1. The van der Waals surface area contributed by atoms with E-state index in [1.807, 2.05) is 6.07 Å². The zero-order chi connectivity index (χ0) is 12.4. The topological polar surface area (TPSA) is 72.2 Å². The Bertz CT molecular complexity index is 592. The number of aldehydes is 1. The highest BCUT2D eigenvalue weighted by atomic mass is 79.9. The van der Waals surface area contributed by atoms with E-state index in [1.165, 1.54) is 10.9 Å². The molecular weight excluding hydrogens is 288 g/mol. The van der Waals surface area contributed by atoms with Gasteiger partial charge in [0.2, 0.25) is 0 Å². The fourth-order valence-electron chi connectivity index (χ4n) is 1.40. The number of carbonyl (C=O) groups excluding carboxylic acids is 1. The first-order valence-corrected chi connectivity index (χ1v) is 5.46. The van der Waals surface area contributed by atoms with Gasteiger partial charge in [0.25, 0.3) is 0 Å². The zero-order valence-corrected chi connectivity index (χ0v) is 10.1. The normalized spacial score (nSPS) is 10.2. The predicted molar refractivity (Wildman–Crippen MR) is 63.6 cm³/mol. The molecule has 0 radical (unpaired) electrons. The van der Waals surface area contributed by atoms with Crippen LogP contribution in [-0.2, 0) is 0 Å². The third-order valence-corrected chi connectivity index (χ3v) is 2.84. The Labute approximate surface area is 105 Å². The maximum absolute atomic E-state index is 10.9. The maximum Gasteiger partial charge on any atom is 0.357 e. The van der Waals surface area contributed by atoms with Crippen LogP contribution >= 0.6 is 15.9 Å². The van der Waals surface area contributed by atoms with E-state index in [4.69, 9.17) is 5.11 Å². The summed E-state index contributed by atoms with van der Waals surface area (Å²) in [6.07, 6.45) is 1.86. The summed E-state index contributed by atoms with van der Waals surface area (Å²) in [5.41, 5.74) is 0.465. The summed E-state index contributed by atoms with van der Waals surface area (Å²) in [6.45, 7) is 0. The van der Waals surface area contributed by atoms with Crippen molar-refractivity contribution in [3.8, 4) is 5.69 Å². The van der Waals surface area contributed by atoms with Gasteiger partial charge in [0.05, 0.1) is 11.3 Å². The standard InChI is InChI=1S/C11H7BrN2O3/c12-8-3-1-2-4-9(8)14-5-7(6-15)10(13-14)11(16)17/h1-6H,(H,16,17). The predicted octanol–water partition coefficient (Wildman–Crippen LogP) is 2.15. The number of aromatic carboxylic acids is 1. The van der Waals surface area contributed by atoms with Gasteiger partial charge >= 0.3 is 5.97 Å². The van der Waals surface area contributed by atoms with Crippen LogP contribution in [0.1, 0.15) is 20.8 Å². The van der Waals surface area contributed by atoms with Crippen LogP contribution in [0.5, 0.6) is 0 Å². The number of hydrogen-bond donors (Lipinski definition) is 1. The van der Waals surface area contributed by atoms with Gasteiger partial charge in [0.1, 0.15) is 0 Å². The van der Waals surface area contributed by atoms with E-state index in [0.717, 1.165) is 4.47 Å². The fraction of sp³-hybridized carbons (Fsp3) is 0. The van der Waals surface area contributed by atoms with Gasteiger partial charge < -0.3 is 5.11 Å². The van der Waals surface area contributed by atoms with Crippen LogP contribution in [0.15, 0.2) is 34.9 Å². The first-order chi connectivity index (χ1) is 8.13. The average Bonchev–Trinajstić information content (AvgIpc) is 2.73. The summed E-state index contributed by atoms with van der Waals surface area (Å²) >= 11 is 3.33. The lowest BCUT2D eigenvalue weighted by molar-refractivity contribution is 0.0687. The number of hydrogen-bond acceptors (Lipinski definition) is 3. The van der Waals surface area contributed by atoms with Gasteiger partial charge in [-0.3, -0.25) is 4.79 Å². The lowest BCUT2D eigenvalue weighted by Crippen LogP contribution is -2.02. The van der Waals surface area contributed by atoms with E-state index in [9.17, 15) is 9.59 Å². The monoisotopic (exact) mass is 294 g/mol.